The molecule has 1 unspecified atom stereocenters. The summed E-state index contributed by atoms with van der Waals surface area (Å²) in [6.07, 6.45) is 2.29. The van der Waals surface area contributed by atoms with Crippen LogP contribution in [0.1, 0.15) is 24.3 Å². The van der Waals surface area contributed by atoms with Gasteiger partial charge in [-0.2, -0.15) is 0 Å². The number of nitrogens with zero attached hydrogens (tertiary/aromatic N) is 1. The van der Waals surface area contributed by atoms with Crippen LogP contribution in [0, 0.1) is 0 Å². The Labute approximate surface area is 106 Å². The van der Waals surface area contributed by atoms with Gasteiger partial charge in [0.05, 0.1) is 5.92 Å². The monoisotopic (exact) mass is 245 g/mol. The summed E-state index contributed by atoms with van der Waals surface area (Å²) in [6, 6.07) is 7.19. The minimum Gasteiger partial charge on any atom is -0.481 e. The number of carbonyl (C=O) groups excluding carboxylic acids is 1. The van der Waals surface area contributed by atoms with Crippen LogP contribution < -0.4 is 4.90 Å². The van der Waals surface area contributed by atoms with Gasteiger partial charge in [0, 0.05) is 18.7 Å². The number of hydrogen-bond acceptors (Lipinski definition) is 2. The third-order valence-electron chi connectivity index (χ3n) is 3.16. The number of benzene rings is 1. The number of anilines is 1. The summed E-state index contributed by atoms with van der Waals surface area (Å²) in [7, 11) is 0. The zero-order valence-electron chi connectivity index (χ0n) is 10.0. The number of carboxylic acid groups (broad SMARTS) is 1. The van der Waals surface area contributed by atoms with Crippen LogP contribution >= 0.6 is 0 Å². The summed E-state index contributed by atoms with van der Waals surface area (Å²) >= 11 is 0. The van der Waals surface area contributed by atoms with Crippen molar-refractivity contribution in [3.05, 3.63) is 42.5 Å². The molecule has 1 aromatic rings. The van der Waals surface area contributed by atoms with E-state index in [-0.39, 0.29) is 12.3 Å². The normalized spacial score (nSPS) is 18.0. The van der Waals surface area contributed by atoms with Crippen LogP contribution in [0.25, 0.3) is 0 Å². The molecule has 0 fully saturated rings. The first kappa shape index (κ1) is 12.4. The van der Waals surface area contributed by atoms with Crippen molar-refractivity contribution >= 4 is 17.6 Å². The van der Waals surface area contributed by atoms with Gasteiger partial charge in [-0.05, 0) is 18.1 Å². The lowest BCUT2D eigenvalue weighted by atomic mass is 9.90. The number of fused-ring (bicyclic) bond motifs is 1. The van der Waals surface area contributed by atoms with E-state index >= 15 is 0 Å². The van der Waals surface area contributed by atoms with Gasteiger partial charge in [-0.1, -0.05) is 24.3 Å². The number of amides is 1. The number of para-hydroxylation sites is 1. The van der Waals surface area contributed by atoms with E-state index in [9.17, 15) is 14.7 Å². The van der Waals surface area contributed by atoms with Gasteiger partial charge in [-0.25, -0.2) is 0 Å². The fourth-order valence-corrected chi connectivity index (χ4v) is 2.31. The number of hydrogen-bond donors (Lipinski definition) is 1. The average Bonchev–Trinajstić information content (AvgIpc) is 2.37. The lowest BCUT2D eigenvalue weighted by Gasteiger charge is -2.32. The average molecular weight is 245 g/mol. The Morgan fingerprint density at radius 2 is 2.17 bits per heavy atom. The van der Waals surface area contributed by atoms with Crippen molar-refractivity contribution in [3.8, 4) is 0 Å². The Hall–Kier alpha value is -2.10. The molecule has 4 nitrogen and oxygen atoms in total. The Morgan fingerprint density at radius 3 is 2.83 bits per heavy atom. The van der Waals surface area contributed by atoms with Crippen LogP contribution in [0.3, 0.4) is 0 Å². The molecule has 0 spiro atoms. The maximum absolute atomic E-state index is 11.9. The van der Waals surface area contributed by atoms with Gasteiger partial charge in [-0.15, -0.1) is 6.58 Å². The summed E-state index contributed by atoms with van der Waals surface area (Å²) in [5.74, 6) is -1.39. The molecule has 1 N–H and O–H groups in total. The molecule has 1 heterocycles. The second-order valence-electron chi connectivity index (χ2n) is 4.28. The van der Waals surface area contributed by atoms with Crippen molar-refractivity contribution in [2.75, 3.05) is 11.4 Å². The molecule has 2 rings (SSSR count). The molecule has 0 radical (unpaired) electrons. The highest BCUT2D eigenvalue weighted by molar-refractivity contribution is 5.97. The van der Waals surface area contributed by atoms with E-state index in [1.807, 2.05) is 6.07 Å². The Balaban J connectivity index is 2.39. The highest BCUT2D eigenvalue weighted by atomic mass is 16.4. The van der Waals surface area contributed by atoms with E-state index in [1.165, 1.54) is 0 Å². The highest BCUT2D eigenvalue weighted by Crippen LogP contribution is 2.35. The van der Waals surface area contributed by atoms with Gasteiger partial charge in [0.25, 0.3) is 0 Å². The van der Waals surface area contributed by atoms with E-state index in [1.54, 1.807) is 29.2 Å². The molecule has 1 aliphatic rings. The molecule has 0 aromatic heterocycles. The molecular weight excluding hydrogens is 230 g/mol. The van der Waals surface area contributed by atoms with Crippen molar-refractivity contribution in [3.63, 3.8) is 0 Å². The molecule has 0 aliphatic carbocycles. The van der Waals surface area contributed by atoms with Gasteiger partial charge in [-0.3, -0.25) is 9.59 Å². The first-order chi connectivity index (χ1) is 8.65. The van der Waals surface area contributed by atoms with E-state index in [4.69, 9.17) is 0 Å². The fourth-order valence-electron chi connectivity index (χ4n) is 2.31. The van der Waals surface area contributed by atoms with Crippen molar-refractivity contribution in [2.45, 2.75) is 18.8 Å². The molecule has 18 heavy (non-hydrogen) atoms. The quantitative estimate of drug-likeness (QED) is 0.830. The van der Waals surface area contributed by atoms with E-state index in [0.29, 0.717) is 24.2 Å². The van der Waals surface area contributed by atoms with E-state index in [0.717, 1.165) is 0 Å². The lowest BCUT2D eigenvalue weighted by Crippen LogP contribution is -2.37. The van der Waals surface area contributed by atoms with E-state index in [2.05, 4.69) is 6.58 Å². The summed E-state index contributed by atoms with van der Waals surface area (Å²) < 4.78 is 0. The maximum atomic E-state index is 11.9. The second-order valence-corrected chi connectivity index (χ2v) is 4.28. The fraction of sp³-hybridized carbons (Fsp3) is 0.286. The van der Waals surface area contributed by atoms with Crippen LogP contribution in [0.4, 0.5) is 5.69 Å². The molecular formula is C14H15NO3. The summed E-state index contributed by atoms with van der Waals surface area (Å²) in [5, 5.41) is 9.19. The van der Waals surface area contributed by atoms with Crippen LogP contribution in [-0.4, -0.2) is 23.5 Å². The van der Waals surface area contributed by atoms with Crippen molar-refractivity contribution < 1.29 is 14.7 Å². The summed E-state index contributed by atoms with van der Waals surface area (Å²) in [4.78, 5) is 24.8. The lowest BCUT2D eigenvalue weighted by molar-refractivity contribution is -0.139. The zero-order chi connectivity index (χ0) is 13.1. The largest absolute Gasteiger partial charge is 0.481 e. The first-order valence-electron chi connectivity index (χ1n) is 5.88. The van der Waals surface area contributed by atoms with Gasteiger partial charge in [0.2, 0.25) is 5.91 Å². The molecule has 1 aromatic carbocycles. The predicted octanol–water partition coefficient (Wildman–Crippen LogP) is 2.17. The smallest absolute Gasteiger partial charge is 0.311 e. The second kappa shape index (κ2) is 5.04. The third kappa shape index (κ3) is 2.14. The van der Waals surface area contributed by atoms with Crippen molar-refractivity contribution in [1.82, 2.24) is 0 Å². The molecule has 0 saturated heterocycles. The summed E-state index contributed by atoms with van der Waals surface area (Å²) in [5.41, 5.74) is 1.43. The first-order valence-corrected chi connectivity index (χ1v) is 5.88. The number of rotatable bonds is 3. The molecule has 94 valence electrons. The van der Waals surface area contributed by atoms with Crippen LogP contribution in [0.5, 0.6) is 0 Å². The Bertz CT molecular complexity index is 496. The van der Waals surface area contributed by atoms with Crippen LogP contribution in [0.15, 0.2) is 36.9 Å². The minimum atomic E-state index is -0.835. The zero-order valence-corrected chi connectivity index (χ0v) is 10.0. The maximum Gasteiger partial charge on any atom is 0.311 e. The minimum absolute atomic E-state index is 0.0405. The van der Waals surface area contributed by atoms with Crippen molar-refractivity contribution in [2.24, 2.45) is 0 Å². The van der Waals surface area contributed by atoms with Crippen molar-refractivity contribution in [1.29, 1.82) is 0 Å². The van der Waals surface area contributed by atoms with Gasteiger partial charge < -0.3 is 10.0 Å². The number of carbonyl (C=O) groups is 2. The summed E-state index contributed by atoms with van der Waals surface area (Å²) in [6.45, 7) is 4.00. The van der Waals surface area contributed by atoms with Crippen LogP contribution in [-0.2, 0) is 9.59 Å². The molecule has 4 heteroatoms. The predicted molar refractivity (Wildman–Crippen MR) is 68.6 cm³/mol. The SMILES string of the molecule is C=CCC(=O)N1CCC(C(=O)O)c2ccccc21. The Morgan fingerprint density at radius 1 is 1.44 bits per heavy atom. The standard InChI is InChI=1S/C14H15NO3/c1-2-5-13(16)15-9-8-11(14(17)18)10-6-3-4-7-12(10)15/h2-4,6-7,11H,1,5,8-9H2,(H,17,18). The molecule has 0 saturated carbocycles. The number of carboxylic acids is 1. The molecule has 1 amide bonds. The molecule has 0 bridgehead atoms. The third-order valence-corrected chi connectivity index (χ3v) is 3.16. The highest BCUT2D eigenvalue weighted by Gasteiger charge is 2.31. The number of aliphatic carboxylic acids is 1. The van der Waals surface area contributed by atoms with Gasteiger partial charge in [0.1, 0.15) is 0 Å². The van der Waals surface area contributed by atoms with E-state index < -0.39 is 11.9 Å². The van der Waals surface area contributed by atoms with Gasteiger partial charge >= 0.3 is 5.97 Å². The topological polar surface area (TPSA) is 57.6 Å². The van der Waals surface area contributed by atoms with Crippen LogP contribution in [0.2, 0.25) is 0 Å². The molecule has 1 atom stereocenters. The Kier molecular flexibility index (Phi) is 3.46. The molecule has 1 aliphatic heterocycles. The van der Waals surface area contributed by atoms with Gasteiger partial charge in [0.15, 0.2) is 0 Å².